The van der Waals surface area contributed by atoms with E-state index in [9.17, 15) is 4.79 Å². The fourth-order valence-electron chi connectivity index (χ4n) is 2.07. The van der Waals surface area contributed by atoms with E-state index in [0.717, 1.165) is 11.3 Å². The van der Waals surface area contributed by atoms with Gasteiger partial charge >= 0.3 is 0 Å². The Morgan fingerprint density at radius 3 is 2.86 bits per heavy atom. The zero-order valence-electron chi connectivity index (χ0n) is 11.3. The summed E-state index contributed by atoms with van der Waals surface area (Å²) < 4.78 is 11.0. The van der Waals surface area contributed by atoms with E-state index in [0.29, 0.717) is 31.2 Å². The number of nitrogens with two attached hydrogens (primary N) is 1. The summed E-state index contributed by atoms with van der Waals surface area (Å²) in [6.45, 7) is 1.46. The summed E-state index contributed by atoms with van der Waals surface area (Å²) in [4.78, 5) is 16.0. The van der Waals surface area contributed by atoms with Crippen LogP contribution >= 0.6 is 0 Å². The van der Waals surface area contributed by atoms with E-state index in [1.165, 1.54) is 6.20 Å². The molecule has 0 fully saturated rings. The molecule has 0 saturated heterocycles. The molecule has 1 aromatic carbocycles. The van der Waals surface area contributed by atoms with Crippen LogP contribution < -0.4 is 20.5 Å². The monoisotopic (exact) mass is 285 g/mol. The Balaban J connectivity index is 1.68. The van der Waals surface area contributed by atoms with Crippen molar-refractivity contribution in [3.05, 3.63) is 47.8 Å². The lowest BCUT2D eigenvalue weighted by Crippen LogP contribution is -2.25. The van der Waals surface area contributed by atoms with Crippen LogP contribution in [0.1, 0.15) is 16.1 Å². The number of hydrogen-bond acceptors (Lipinski definition) is 5. The van der Waals surface area contributed by atoms with Gasteiger partial charge in [0.05, 0.1) is 5.69 Å². The van der Waals surface area contributed by atoms with Crippen LogP contribution in [0.25, 0.3) is 0 Å². The maximum Gasteiger partial charge on any atom is 0.272 e. The Labute approximate surface area is 121 Å². The van der Waals surface area contributed by atoms with Gasteiger partial charge in [0.15, 0.2) is 17.2 Å². The van der Waals surface area contributed by atoms with E-state index in [2.05, 4.69) is 10.3 Å². The average Bonchev–Trinajstić information content (AvgIpc) is 2.53. The molecule has 0 spiro atoms. The van der Waals surface area contributed by atoms with E-state index in [1.807, 2.05) is 18.2 Å². The third-order valence-electron chi connectivity index (χ3n) is 3.11. The molecule has 1 aliphatic rings. The summed E-state index contributed by atoms with van der Waals surface area (Å²) >= 11 is 0. The first-order valence-electron chi connectivity index (χ1n) is 6.61. The molecule has 3 rings (SSSR count). The van der Waals surface area contributed by atoms with Crippen LogP contribution in [-0.2, 0) is 6.54 Å². The van der Waals surface area contributed by atoms with Gasteiger partial charge in [-0.15, -0.1) is 0 Å². The van der Waals surface area contributed by atoms with Gasteiger partial charge in [-0.3, -0.25) is 4.79 Å². The zero-order valence-corrected chi connectivity index (χ0v) is 11.3. The minimum atomic E-state index is -0.303. The van der Waals surface area contributed by atoms with Crippen LogP contribution in [0.5, 0.6) is 11.5 Å². The normalized spacial score (nSPS) is 12.8. The van der Waals surface area contributed by atoms with Gasteiger partial charge in [-0.1, -0.05) is 6.07 Å². The molecule has 0 atom stereocenters. The topological polar surface area (TPSA) is 86.5 Å². The van der Waals surface area contributed by atoms with Crippen LogP contribution in [0.15, 0.2) is 36.5 Å². The molecule has 2 aromatic rings. The minimum Gasteiger partial charge on any atom is -0.486 e. The van der Waals surface area contributed by atoms with Gasteiger partial charge in [-0.2, -0.15) is 0 Å². The van der Waals surface area contributed by atoms with E-state index >= 15 is 0 Å². The van der Waals surface area contributed by atoms with Gasteiger partial charge in [0, 0.05) is 12.7 Å². The number of aromatic nitrogens is 1. The second-order valence-corrected chi connectivity index (χ2v) is 4.60. The van der Waals surface area contributed by atoms with Gasteiger partial charge in [0.2, 0.25) is 0 Å². The summed E-state index contributed by atoms with van der Waals surface area (Å²) in [6.07, 6.45) is 1.54. The van der Waals surface area contributed by atoms with Crippen molar-refractivity contribution in [3.8, 4) is 11.5 Å². The quantitative estimate of drug-likeness (QED) is 0.889. The molecule has 21 heavy (non-hydrogen) atoms. The van der Waals surface area contributed by atoms with Gasteiger partial charge in [-0.25, -0.2) is 4.98 Å². The SMILES string of the molecule is Nc1cccnc1C(=O)NCc1ccc2c(c1)OCCO2. The molecule has 2 heterocycles. The average molecular weight is 285 g/mol. The Hall–Kier alpha value is -2.76. The van der Waals surface area contributed by atoms with Gasteiger partial charge in [-0.05, 0) is 29.8 Å². The summed E-state index contributed by atoms with van der Waals surface area (Å²) in [6, 6.07) is 8.91. The lowest BCUT2D eigenvalue weighted by Gasteiger charge is -2.19. The van der Waals surface area contributed by atoms with Crippen molar-refractivity contribution >= 4 is 11.6 Å². The second-order valence-electron chi connectivity index (χ2n) is 4.60. The number of nitrogen functional groups attached to an aromatic ring is 1. The number of carbonyl (C=O) groups excluding carboxylic acids is 1. The molecule has 3 N–H and O–H groups in total. The molecule has 0 unspecified atom stereocenters. The van der Waals surface area contributed by atoms with Gasteiger partial charge in [0.25, 0.3) is 5.91 Å². The number of benzene rings is 1. The lowest BCUT2D eigenvalue weighted by molar-refractivity contribution is 0.0947. The summed E-state index contributed by atoms with van der Waals surface area (Å²) in [5, 5.41) is 2.79. The molecule has 0 saturated carbocycles. The van der Waals surface area contributed by atoms with Crippen LogP contribution in [-0.4, -0.2) is 24.1 Å². The number of pyridine rings is 1. The standard InChI is InChI=1S/C15H15N3O3/c16-11-2-1-5-17-14(11)15(19)18-9-10-3-4-12-13(8-10)21-7-6-20-12/h1-5,8H,6-7,9,16H2,(H,18,19). The highest BCUT2D eigenvalue weighted by molar-refractivity contribution is 5.96. The molecule has 1 aromatic heterocycles. The van der Waals surface area contributed by atoms with Crippen LogP contribution in [0.3, 0.4) is 0 Å². The minimum absolute atomic E-state index is 0.232. The highest BCUT2D eigenvalue weighted by Crippen LogP contribution is 2.30. The Bertz CT molecular complexity index is 673. The van der Waals surface area contributed by atoms with E-state index in [4.69, 9.17) is 15.2 Å². The number of rotatable bonds is 3. The van der Waals surface area contributed by atoms with Crippen molar-refractivity contribution in [1.29, 1.82) is 0 Å². The lowest BCUT2D eigenvalue weighted by atomic mass is 10.2. The van der Waals surface area contributed by atoms with Crippen molar-refractivity contribution < 1.29 is 14.3 Å². The fourth-order valence-corrected chi connectivity index (χ4v) is 2.07. The van der Waals surface area contributed by atoms with Gasteiger partial charge in [0.1, 0.15) is 13.2 Å². The smallest absolute Gasteiger partial charge is 0.272 e. The molecule has 6 nitrogen and oxygen atoms in total. The Morgan fingerprint density at radius 1 is 1.24 bits per heavy atom. The number of nitrogens with one attached hydrogen (secondary N) is 1. The van der Waals surface area contributed by atoms with E-state index in [1.54, 1.807) is 12.1 Å². The first-order valence-corrected chi connectivity index (χ1v) is 6.61. The number of fused-ring (bicyclic) bond motifs is 1. The number of hydrogen-bond donors (Lipinski definition) is 2. The molecule has 0 bridgehead atoms. The molecule has 1 aliphatic heterocycles. The van der Waals surface area contributed by atoms with Crippen molar-refractivity contribution in [1.82, 2.24) is 10.3 Å². The Morgan fingerprint density at radius 2 is 2.05 bits per heavy atom. The molecule has 0 aliphatic carbocycles. The summed E-state index contributed by atoms with van der Waals surface area (Å²) in [5.74, 6) is 1.12. The van der Waals surface area contributed by atoms with Crippen molar-refractivity contribution in [3.63, 3.8) is 0 Å². The van der Waals surface area contributed by atoms with E-state index in [-0.39, 0.29) is 11.6 Å². The predicted molar refractivity (Wildman–Crippen MR) is 77.3 cm³/mol. The van der Waals surface area contributed by atoms with Crippen molar-refractivity contribution in [2.45, 2.75) is 6.54 Å². The maximum atomic E-state index is 12.0. The van der Waals surface area contributed by atoms with Crippen molar-refractivity contribution in [2.75, 3.05) is 18.9 Å². The molecule has 1 amide bonds. The number of nitrogens with zero attached hydrogens (tertiary/aromatic N) is 1. The first kappa shape index (κ1) is 13.2. The first-order chi connectivity index (χ1) is 10.2. The van der Waals surface area contributed by atoms with Crippen LogP contribution in [0, 0.1) is 0 Å². The molecule has 6 heteroatoms. The third kappa shape index (κ3) is 2.89. The highest BCUT2D eigenvalue weighted by atomic mass is 16.6. The zero-order chi connectivity index (χ0) is 14.7. The van der Waals surface area contributed by atoms with E-state index < -0.39 is 0 Å². The summed E-state index contributed by atoms with van der Waals surface area (Å²) in [7, 11) is 0. The largest absolute Gasteiger partial charge is 0.486 e. The number of anilines is 1. The molecular weight excluding hydrogens is 270 g/mol. The maximum absolute atomic E-state index is 12.0. The van der Waals surface area contributed by atoms with Crippen LogP contribution in [0.2, 0.25) is 0 Å². The Kier molecular flexibility index (Phi) is 3.59. The summed E-state index contributed by atoms with van der Waals surface area (Å²) in [5.41, 5.74) is 7.23. The second kappa shape index (κ2) is 5.70. The third-order valence-corrected chi connectivity index (χ3v) is 3.11. The highest BCUT2D eigenvalue weighted by Gasteiger charge is 2.13. The predicted octanol–water partition coefficient (Wildman–Crippen LogP) is 1.36. The van der Waals surface area contributed by atoms with Gasteiger partial charge < -0.3 is 20.5 Å². The fraction of sp³-hybridized carbons (Fsp3) is 0.200. The number of carbonyl (C=O) groups is 1. The number of amides is 1. The van der Waals surface area contributed by atoms with Crippen molar-refractivity contribution in [2.24, 2.45) is 0 Å². The molecule has 108 valence electrons. The molecule has 0 radical (unpaired) electrons. The molecular formula is C15H15N3O3. The number of ether oxygens (including phenoxy) is 2. The van der Waals surface area contributed by atoms with Crippen LogP contribution in [0.4, 0.5) is 5.69 Å².